The Morgan fingerprint density at radius 3 is 0.895 bits per heavy atom. The van der Waals surface area contributed by atoms with Crippen molar-refractivity contribution in [2.75, 3.05) is 24.6 Å². The Balaban J connectivity index is -0.000000427. The molecule has 3 heteroatoms. The lowest BCUT2D eigenvalue weighted by Gasteiger charge is -2.28. The van der Waals surface area contributed by atoms with Crippen molar-refractivity contribution >= 4 is 34.3 Å². The van der Waals surface area contributed by atoms with Crippen molar-refractivity contribution in [3.05, 3.63) is 0 Å². The highest BCUT2D eigenvalue weighted by molar-refractivity contribution is 7.75. The van der Waals surface area contributed by atoms with Crippen LogP contribution in [-0.4, -0.2) is 24.6 Å². The van der Waals surface area contributed by atoms with Gasteiger partial charge in [0, 0.05) is 7.26 Å². The maximum absolute atomic E-state index is 2.36. The summed E-state index contributed by atoms with van der Waals surface area (Å²) in [5.41, 5.74) is 0. The fourth-order valence-corrected chi connectivity index (χ4v) is 7.93. The van der Waals surface area contributed by atoms with Gasteiger partial charge < -0.3 is 27.0 Å². The molecule has 0 aliphatic carbocycles. The van der Waals surface area contributed by atoms with E-state index in [-0.39, 0.29) is 28.4 Å². The van der Waals surface area contributed by atoms with E-state index in [0.29, 0.717) is 0 Å². The molecule has 0 spiro atoms. The van der Waals surface area contributed by atoms with E-state index in [2.05, 4.69) is 27.7 Å². The first kappa shape index (κ1) is 25.1. The average molecular weight is 327 g/mol. The first-order chi connectivity index (χ1) is 8.24. The Kier molecular flexibility index (Phi) is 22.7. The predicted octanol–water partition coefficient (Wildman–Crippen LogP) is 5.78. The van der Waals surface area contributed by atoms with Crippen molar-refractivity contribution in [3.8, 4) is 0 Å². The molecule has 19 heavy (non-hydrogen) atoms. The predicted molar refractivity (Wildman–Crippen MR) is 105 cm³/mol. The molecule has 0 rings (SSSR count). The normalized spacial score (nSPS) is 10.7. The quantitative estimate of drug-likeness (QED) is 0.253. The summed E-state index contributed by atoms with van der Waals surface area (Å²) in [5.74, 6) is 0. The molecule has 0 unspecified atom stereocenters. The molecule has 0 fully saturated rings. The van der Waals surface area contributed by atoms with E-state index in [1.807, 2.05) is 0 Å². The number of rotatable bonds is 12. The molecular formula is C16H39PS2. The summed E-state index contributed by atoms with van der Waals surface area (Å²) in [4.78, 5) is 0. The first-order valence-corrected chi connectivity index (χ1v) is 10.6. The number of hydrogen-bond acceptors (Lipinski definition) is 2. The van der Waals surface area contributed by atoms with Gasteiger partial charge in [-0.3, -0.25) is 0 Å². The standard InChI is InChI=1S/C16H36P.2H2S/c1-5-9-13-17(14-10-6-2,15-11-7-3)16-12-8-4;;/h5-16H2,1-4H3;2*1H2/q+1;;/p-1. The zero-order valence-corrected chi connectivity index (χ0v) is 16.5. The molecule has 0 saturated heterocycles. The molecule has 0 N–H and O–H groups in total. The molecule has 0 saturated carbocycles. The summed E-state index contributed by atoms with van der Waals surface area (Å²) < 4.78 is 0. The third-order valence-electron chi connectivity index (χ3n) is 3.94. The minimum absolute atomic E-state index is 0. The highest BCUT2D eigenvalue weighted by atomic mass is 32.1. The van der Waals surface area contributed by atoms with Crippen LogP contribution in [-0.2, 0) is 27.0 Å². The van der Waals surface area contributed by atoms with Gasteiger partial charge in [0.15, 0.2) is 0 Å². The fourth-order valence-electron chi connectivity index (χ4n) is 2.64. The van der Waals surface area contributed by atoms with E-state index < -0.39 is 7.26 Å². The molecule has 0 heterocycles. The Bertz CT molecular complexity index is 131. The second-order valence-corrected chi connectivity index (χ2v) is 10.1. The van der Waals surface area contributed by atoms with E-state index in [1.54, 1.807) is 24.6 Å². The van der Waals surface area contributed by atoms with Gasteiger partial charge in [-0.2, -0.15) is 0 Å². The number of hydrogen-bond donors (Lipinski definition) is 0. The van der Waals surface area contributed by atoms with Crippen molar-refractivity contribution in [2.45, 2.75) is 79.1 Å². The molecule has 0 nitrogen and oxygen atoms in total. The van der Waals surface area contributed by atoms with Crippen LogP contribution >= 0.6 is 7.26 Å². The largest absolute Gasteiger partial charge is 1.00 e. The summed E-state index contributed by atoms with van der Waals surface area (Å²) in [5, 5.41) is 0. The Morgan fingerprint density at radius 1 is 0.526 bits per heavy atom. The van der Waals surface area contributed by atoms with Gasteiger partial charge in [0.05, 0.1) is 24.6 Å². The maximum atomic E-state index is 2.36. The summed E-state index contributed by atoms with van der Waals surface area (Å²) >= 11 is 0. The fraction of sp³-hybridized carbons (Fsp3) is 1.00. The molecule has 0 bridgehead atoms. The zero-order chi connectivity index (χ0) is 13.0. The molecule has 0 aromatic rings. The second-order valence-electron chi connectivity index (χ2n) is 5.65. The van der Waals surface area contributed by atoms with Crippen LogP contribution in [0.4, 0.5) is 0 Å². The van der Waals surface area contributed by atoms with Crippen molar-refractivity contribution < 1.29 is 1.43 Å². The van der Waals surface area contributed by atoms with E-state index in [0.717, 1.165) is 0 Å². The third-order valence-corrected chi connectivity index (χ3v) is 9.00. The number of thiol groups is 2. The summed E-state index contributed by atoms with van der Waals surface area (Å²) in [6.45, 7) is 9.42. The van der Waals surface area contributed by atoms with Crippen molar-refractivity contribution in [1.29, 1.82) is 0 Å². The van der Waals surface area contributed by atoms with E-state index >= 15 is 0 Å². The lowest BCUT2D eigenvalue weighted by molar-refractivity contribution is 0.814. The third kappa shape index (κ3) is 12.6. The van der Waals surface area contributed by atoms with Crippen LogP contribution in [0.2, 0.25) is 0 Å². The van der Waals surface area contributed by atoms with Crippen molar-refractivity contribution in [2.24, 2.45) is 0 Å². The summed E-state index contributed by atoms with van der Waals surface area (Å²) in [6.07, 6.45) is 17.9. The number of unbranched alkanes of at least 4 members (excludes halogenated alkanes) is 4. The lowest BCUT2D eigenvalue weighted by Crippen LogP contribution is -2.12. The van der Waals surface area contributed by atoms with Crippen LogP contribution in [0.5, 0.6) is 0 Å². The molecule has 0 aromatic carbocycles. The van der Waals surface area contributed by atoms with Gasteiger partial charge in [0.25, 0.3) is 0 Å². The van der Waals surface area contributed by atoms with Crippen LogP contribution in [0, 0.1) is 0 Å². The minimum atomic E-state index is -0.562. The van der Waals surface area contributed by atoms with Gasteiger partial charge in [-0.25, -0.2) is 0 Å². The van der Waals surface area contributed by atoms with Gasteiger partial charge >= 0.3 is 1.43 Å². The Labute approximate surface area is 139 Å². The van der Waals surface area contributed by atoms with E-state index in [1.165, 1.54) is 51.4 Å². The van der Waals surface area contributed by atoms with E-state index in [4.69, 9.17) is 0 Å². The van der Waals surface area contributed by atoms with Gasteiger partial charge in [-0.05, 0) is 25.7 Å². The van der Waals surface area contributed by atoms with Gasteiger partial charge in [-0.1, -0.05) is 53.4 Å². The lowest BCUT2D eigenvalue weighted by atomic mass is 10.4. The van der Waals surface area contributed by atoms with Crippen LogP contribution in [0.25, 0.3) is 0 Å². The SMILES string of the molecule is CCCC[P+](CCCC)(CCCC)CCCC.[H+].[SH-].[SH-]. The van der Waals surface area contributed by atoms with Crippen molar-refractivity contribution in [3.63, 3.8) is 0 Å². The van der Waals surface area contributed by atoms with Crippen LogP contribution in [0.15, 0.2) is 0 Å². The molecule has 0 radical (unpaired) electrons. The summed E-state index contributed by atoms with van der Waals surface area (Å²) in [6, 6.07) is 0. The van der Waals surface area contributed by atoms with Crippen LogP contribution in [0.1, 0.15) is 80.5 Å². The summed E-state index contributed by atoms with van der Waals surface area (Å²) in [7, 11) is -0.562. The van der Waals surface area contributed by atoms with Crippen molar-refractivity contribution in [1.82, 2.24) is 0 Å². The highest BCUT2D eigenvalue weighted by Crippen LogP contribution is 2.61. The Morgan fingerprint density at radius 2 is 0.737 bits per heavy atom. The van der Waals surface area contributed by atoms with Gasteiger partial charge in [-0.15, -0.1) is 0 Å². The molecular weight excluding hydrogens is 287 g/mol. The van der Waals surface area contributed by atoms with Gasteiger partial charge in [0.2, 0.25) is 0 Å². The van der Waals surface area contributed by atoms with Gasteiger partial charge in [0.1, 0.15) is 0 Å². The highest BCUT2D eigenvalue weighted by Gasteiger charge is 2.34. The molecule has 0 amide bonds. The second kappa shape index (κ2) is 17.2. The smallest absolute Gasteiger partial charge is 0.813 e. The first-order valence-electron chi connectivity index (χ1n) is 8.09. The Hall–Kier alpha value is 1.13. The molecule has 0 aromatic heterocycles. The van der Waals surface area contributed by atoms with E-state index in [9.17, 15) is 0 Å². The van der Waals surface area contributed by atoms with Crippen LogP contribution < -0.4 is 0 Å². The molecule has 0 aliphatic rings. The topological polar surface area (TPSA) is 0 Å². The molecule has 0 aliphatic heterocycles. The monoisotopic (exact) mass is 326 g/mol. The maximum Gasteiger partial charge on any atom is 1.00 e. The molecule has 0 atom stereocenters. The average Bonchev–Trinajstić information content (AvgIpc) is 2.37. The van der Waals surface area contributed by atoms with Crippen LogP contribution in [0.3, 0.4) is 0 Å². The minimum Gasteiger partial charge on any atom is -0.813 e. The zero-order valence-electron chi connectivity index (χ0n) is 14.8. The molecule has 120 valence electrons.